The molecule has 2 heterocycles. The summed E-state index contributed by atoms with van der Waals surface area (Å²) in [7, 11) is 3.01. The van der Waals surface area contributed by atoms with Gasteiger partial charge in [-0.15, -0.1) is 0 Å². The monoisotopic (exact) mass is 517 g/mol. The zero-order valence-corrected chi connectivity index (χ0v) is 21.2. The normalized spacial score (nSPS) is 15.5. The van der Waals surface area contributed by atoms with Gasteiger partial charge in [-0.1, -0.05) is 42.8 Å². The number of aliphatic hydroxyl groups excluding tert-OH is 1. The SMILES string of the molecule is CCc1ccc(C2C(C(=O)c3cc4cc(Cl)ccc4o3)=C(O)C(=O)N2c2cc(OC)cc(OC)c2)cc1. The summed E-state index contributed by atoms with van der Waals surface area (Å²) in [6.45, 7) is 2.04. The molecule has 0 radical (unpaired) electrons. The summed E-state index contributed by atoms with van der Waals surface area (Å²) in [6, 6.07) is 18.2. The van der Waals surface area contributed by atoms with Gasteiger partial charge in [0.1, 0.15) is 17.1 Å². The summed E-state index contributed by atoms with van der Waals surface area (Å²) in [5.74, 6) is -1.06. The van der Waals surface area contributed by atoms with E-state index in [0.717, 1.165) is 12.0 Å². The molecule has 5 rings (SSSR count). The smallest absolute Gasteiger partial charge is 0.294 e. The van der Waals surface area contributed by atoms with E-state index in [1.165, 1.54) is 19.1 Å². The summed E-state index contributed by atoms with van der Waals surface area (Å²) in [5.41, 5.74) is 2.53. The van der Waals surface area contributed by atoms with E-state index < -0.39 is 23.5 Å². The molecule has 188 valence electrons. The van der Waals surface area contributed by atoms with Crippen molar-refractivity contribution < 1.29 is 28.6 Å². The fraction of sp³-hybridized carbons (Fsp3) is 0.172. The third kappa shape index (κ3) is 4.32. The lowest BCUT2D eigenvalue weighted by atomic mass is 9.93. The topological polar surface area (TPSA) is 89.2 Å². The first-order chi connectivity index (χ1) is 17.8. The number of halogens is 1. The van der Waals surface area contributed by atoms with Crippen molar-refractivity contribution in [3.05, 3.63) is 100.0 Å². The van der Waals surface area contributed by atoms with Crippen LogP contribution in [0.1, 0.15) is 34.6 Å². The van der Waals surface area contributed by atoms with Gasteiger partial charge in [0.05, 0.1) is 31.5 Å². The number of hydrogen-bond acceptors (Lipinski definition) is 6. The summed E-state index contributed by atoms with van der Waals surface area (Å²) in [5, 5.41) is 12.2. The van der Waals surface area contributed by atoms with Crippen LogP contribution >= 0.6 is 11.6 Å². The van der Waals surface area contributed by atoms with E-state index in [-0.39, 0.29) is 11.3 Å². The predicted molar refractivity (Wildman–Crippen MR) is 141 cm³/mol. The minimum atomic E-state index is -0.917. The highest BCUT2D eigenvalue weighted by atomic mass is 35.5. The Hall–Kier alpha value is -4.23. The predicted octanol–water partition coefficient (Wildman–Crippen LogP) is 6.45. The fourth-order valence-electron chi connectivity index (χ4n) is 4.54. The standard InChI is InChI=1S/C29H24ClNO6/c1-4-16-5-7-17(8-6-16)26-25(27(32)24-12-18-11-19(30)9-10-23(18)37-24)28(33)29(34)31(26)20-13-21(35-2)15-22(14-20)36-3/h5-15,26,33H,4H2,1-3H3. The van der Waals surface area contributed by atoms with Gasteiger partial charge in [-0.3, -0.25) is 14.5 Å². The number of rotatable bonds is 7. The molecule has 1 atom stereocenters. The molecule has 0 spiro atoms. The number of anilines is 1. The Morgan fingerprint density at radius 3 is 2.30 bits per heavy atom. The molecule has 0 saturated heterocycles. The van der Waals surface area contributed by atoms with Gasteiger partial charge >= 0.3 is 0 Å². The molecular weight excluding hydrogens is 494 g/mol. The molecule has 0 aliphatic carbocycles. The Morgan fingerprint density at radius 2 is 1.68 bits per heavy atom. The number of nitrogens with zero attached hydrogens (tertiary/aromatic N) is 1. The van der Waals surface area contributed by atoms with Crippen LogP contribution in [-0.4, -0.2) is 31.0 Å². The van der Waals surface area contributed by atoms with Crippen molar-refractivity contribution in [3.63, 3.8) is 0 Å². The number of hydrogen-bond donors (Lipinski definition) is 1. The first-order valence-electron chi connectivity index (χ1n) is 11.7. The minimum Gasteiger partial charge on any atom is -0.503 e. The van der Waals surface area contributed by atoms with Gasteiger partial charge in [0.25, 0.3) is 5.91 Å². The molecule has 0 fully saturated rings. The Bertz CT molecular complexity index is 1530. The number of amides is 1. The Morgan fingerprint density at radius 1 is 1.00 bits per heavy atom. The lowest BCUT2D eigenvalue weighted by molar-refractivity contribution is -0.117. The van der Waals surface area contributed by atoms with Crippen LogP contribution < -0.4 is 14.4 Å². The maximum absolute atomic E-state index is 13.8. The molecule has 1 amide bonds. The Labute approximate surface area is 218 Å². The van der Waals surface area contributed by atoms with Crippen molar-refractivity contribution in [2.75, 3.05) is 19.1 Å². The van der Waals surface area contributed by atoms with E-state index in [0.29, 0.717) is 38.7 Å². The number of aliphatic hydroxyl groups is 1. The van der Waals surface area contributed by atoms with E-state index in [1.54, 1.807) is 42.5 Å². The number of furan rings is 1. The molecule has 1 aliphatic heterocycles. The number of benzene rings is 3. The Kier molecular flexibility index (Phi) is 6.39. The average Bonchev–Trinajstić information content (AvgIpc) is 3.46. The number of methoxy groups -OCH3 is 2. The lowest BCUT2D eigenvalue weighted by Gasteiger charge is -2.27. The molecule has 1 aliphatic rings. The second-order valence-corrected chi connectivity index (χ2v) is 9.06. The van der Waals surface area contributed by atoms with Crippen LogP contribution in [0.4, 0.5) is 5.69 Å². The zero-order chi connectivity index (χ0) is 26.3. The van der Waals surface area contributed by atoms with Gasteiger partial charge < -0.3 is 19.0 Å². The van der Waals surface area contributed by atoms with E-state index >= 15 is 0 Å². The van der Waals surface area contributed by atoms with Gasteiger partial charge in [-0.05, 0) is 41.8 Å². The first kappa shape index (κ1) is 24.5. The average molecular weight is 518 g/mol. The summed E-state index contributed by atoms with van der Waals surface area (Å²) >= 11 is 6.09. The van der Waals surface area contributed by atoms with Crippen molar-refractivity contribution in [2.45, 2.75) is 19.4 Å². The van der Waals surface area contributed by atoms with Crippen LogP contribution in [0.15, 0.2) is 82.5 Å². The van der Waals surface area contributed by atoms with Crippen molar-refractivity contribution >= 4 is 39.9 Å². The van der Waals surface area contributed by atoms with Crippen molar-refractivity contribution in [1.29, 1.82) is 0 Å². The Balaban J connectivity index is 1.67. The number of carbonyl (C=O) groups excluding carboxylic acids is 2. The van der Waals surface area contributed by atoms with Gasteiger partial charge in [0, 0.05) is 28.6 Å². The summed E-state index contributed by atoms with van der Waals surface area (Å²) < 4.78 is 16.6. The third-order valence-electron chi connectivity index (χ3n) is 6.47. The minimum absolute atomic E-state index is 0.00753. The van der Waals surface area contributed by atoms with Gasteiger partial charge in [0.2, 0.25) is 5.78 Å². The molecule has 0 bridgehead atoms. The molecule has 1 aromatic heterocycles. The van der Waals surface area contributed by atoms with Crippen molar-refractivity contribution in [1.82, 2.24) is 0 Å². The molecule has 1 unspecified atom stereocenters. The van der Waals surface area contributed by atoms with Crippen LogP contribution in [0.5, 0.6) is 11.5 Å². The van der Waals surface area contributed by atoms with Crippen LogP contribution in [-0.2, 0) is 11.2 Å². The number of Topliss-reactive ketones (excluding diaryl/α,β-unsaturated/α-hetero) is 1. The quantitative estimate of drug-likeness (QED) is 0.283. The van der Waals surface area contributed by atoms with E-state index in [9.17, 15) is 14.7 Å². The van der Waals surface area contributed by atoms with Crippen molar-refractivity contribution in [3.8, 4) is 11.5 Å². The maximum Gasteiger partial charge on any atom is 0.294 e. The molecule has 37 heavy (non-hydrogen) atoms. The second kappa shape index (κ2) is 9.67. The number of carbonyl (C=O) groups is 2. The molecule has 3 aromatic carbocycles. The molecular formula is C29H24ClNO6. The van der Waals surface area contributed by atoms with Gasteiger partial charge in [0.15, 0.2) is 11.5 Å². The van der Waals surface area contributed by atoms with Crippen LogP contribution in [0.2, 0.25) is 5.02 Å². The van der Waals surface area contributed by atoms with Crippen molar-refractivity contribution in [2.24, 2.45) is 0 Å². The van der Waals surface area contributed by atoms with E-state index in [1.807, 2.05) is 31.2 Å². The number of ketones is 1. The first-order valence-corrected chi connectivity index (χ1v) is 12.0. The highest BCUT2D eigenvalue weighted by Gasteiger charge is 2.45. The van der Waals surface area contributed by atoms with Gasteiger partial charge in [-0.2, -0.15) is 0 Å². The lowest BCUT2D eigenvalue weighted by Crippen LogP contribution is -2.31. The van der Waals surface area contributed by atoms with Gasteiger partial charge in [-0.25, -0.2) is 0 Å². The third-order valence-corrected chi connectivity index (χ3v) is 6.71. The highest BCUT2D eigenvalue weighted by Crippen LogP contribution is 2.44. The highest BCUT2D eigenvalue weighted by molar-refractivity contribution is 6.31. The molecule has 7 nitrogen and oxygen atoms in total. The summed E-state index contributed by atoms with van der Waals surface area (Å²) in [4.78, 5) is 28.7. The molecule has 8 heteroatoms. The largest absolute Gasteiger partial charge is 0.503 e. The second-order valence-electron chi connectivity index (χ2n) is 8.63. The van der Waals surface area contributed by atoms with E-state index in [2.05, 4.69) is 0 Å². The molecule has 4 aromatic rings. The molecule has 1 N–H and O–H groups in total. The number of fused-ring (bicyclic) bond motifs is 1. The zero-order valence-electron chi connectivity index (χ0n) is 20.4. The number of ether oxygens (including phenoxy) is 2. The molecule has 0 saturated carbocycles. The van der Waals surface area contributed by atoms with Crippen LogP contribution in [0.3, 0.4) is 0 Å². The summed E-state index contributed by atoms with van der Waals surface area (Å²) in [6.07, 6.45) is 0.828. The number of aryl methyl sites for hydroxylation is 1. The van der Waals surface area contributed by atoms with E-state index in [4.69, 9.17) is 25.5 Å². The van der Waals surface area contributed by atoms with Crippen LogP contribution in [0, 0.1) is 0 Å². The fourth-order valence-corrected chi connectivity index (χ4v) is 4.73. The maximum atomic E-state index is 13.8. The van der Waals surface area contributed by atoms with Crippen LogP contribution in [0.25, 0.3) is 11.0 Å².